The van der Waals surface area contributed by atoms with Crippen LogP contribution in [0.1, 0.15) is 17.2 Å². The Labute approximate surface area is 116 Å². The summed E-state index contributed by atoms with van der Waals surface area (Å²) in [5, 5.41) is 11.1. The predicted molar refractivity (Wildman–Crippen MR) is 73.5 cm³/mol. The molecule has 1 N–H and O–H groups in total. The van der Waals surface area contributed by atoms with Crippen LogP contribution in [0.25, 0.3) is 0 Å². The van der Waals surface area contributed by atoms with Crippen LogP contribution in [0.4, 0.5) is 0 Å². The molecule has 0 amide bonds. The minimum absolute atomic E-state index is 0.432. The molecule has 0 spiro atoms. The first kappa shape index (κ1) is 13.2. The fourth-order valence-electron chi connectivity index (χ4n) is 1.66. The van der Waals surface area contributed by atoms with Crippen LogP contribution in [0, 0.1) is 0 Å². The summed E-state index contributed by atoms with van der Waals surface area (Å²) in [6.45, 7) is 0. The van der Waals surface area contributed by atoms with Crippen LogP contribution in [0.15, 0.2) is 42.5 Å². The normalized spacial score (nSPS) is 12.2. The lowest BCUT2D eigenvalue weighted by molar-refractivity contribution is 0.220. The summed E-state index contributed by atoms with van der Waals surface area (Å²) in [7, 11) is 1.60. The van der Waals surface area contributed by atoms with Gasteiger partial charge in [-0.1, -0.05) is 41.4 Å². The van der Waals surface area contributed by atoms with Crippen molar-refractivity contribution in [3.63, 3.8) is 0 Å². The van der Waals surface area contributed by atoms with Gasteiger partial charge in [0.2, 0.25) is 0 Å². The summed E-state index contributed by atoms with van der Waals surface area (Å²) in [6.07, 6.45) is -0.731. The summed E-state index contributed by atoms with van der Waals surface area (Å²) in [5.41, 5.74) is 1.48. The third-order valence-corrected chi connectivity index (χ3v) is 3.43. The summed E-state index contributed by atoms with van der Waals surface area (Å²) in [5.74, 6) is 0.750. The van der Waals surface area contributed by atoms with E-state index in [-0.39, 0.29) is 0 Å². The van der Waals surface area contributed by atoms with Crippen molar-refractivity contribution < 1.29 is 9.84 Å². The van der Waals surface area contributed by atoms with E-state index in [1.807, 2.05) is 12.1 Å². The van der Waals surface area contributed by atoms with Crippen molar-refractivity contribution in [3.8, 4) is 5.75 Å². The van der Waals surface area contributed by atoms with Crippen molar-refractivity contribution in [3.05, 3.63) is 63.6 Å². The number of rotatable bonds is 3. The van der Waals surface area contributed by atoms with Gasteiger partial charge < -0.3 is 9.84 Å². The van der Waals surface area contributed by atoms with E-state index in [0.717, 1.165) is 11.3 Å². The second-order valence-corrected chi connectivity index (χ2v) is 4.66. The van der Waals surface area contributed by atoms with E-state index in [4.69, 9.17) is 27.9 Å². The van der Waals surface area contributed by atoms with Crippen LogP contribution in [0.2, 0.25) is 10.0 Å². The Bertz CT molecular complexity index is 538. The maximum Gasteiger partial charge on any atom is 0.118 e. The van der Waals surface area contributed by atoms with Crippen LogP contribution < -0.4 is 4.74 Å². The highest BCUT2D eigenvalue weighted by Gasteiger charge is 2.11. The van der Waals surface area contributed by atoms with Gasteiger partial charge >= 0.3 is 0 Å². The highest BCUT2D eigenvalue weighted by atomic mass is 35.5. The third-order valence-electron chi connectivity index (χ3n) is 2.69. The minimum atomic E-state index is -0.731. The lowest BCUT2D eigenvalue weighted by Gasteiger charge is -2.12. The Morgan fingerprint density at radius 2 is 1.56 bits per heavy atom. The molecule has 0 saturated heterocycles. The molecule has 0 bridgehead atoms. The van der Waals surface area contributed by atoms with Crippen molar-refractivity contribution in [1.29, 1.82) is 0 Å². The molecule has 0 saturated carbocycles. The van der Waals surface area contributed by atoms with Gasteiger partial charge in [-0.15, -0.1) is 0 Å². The van der Waals surface area contributed by atoms with Gasteiger partial charge in [-0.2, -0.15) is 0 Å². The van der Waals surface area contributed by atoms with Crippen molar-refractivity contribution >= 4 is 23.2 Å². The molecule has 1 atom stereocenters. The number of methoxy groups -OCH3 is 1. The number of ether oxygens (including phenoxy) is 1. The molecular formula is C14H12Cl2O2. The summed E-state index contributed by atoms with van der Waals surface area (Å²) < 4.78 is 5.07. The topological polar surface area (TPSA) is 29.5 Å². The molecule has 0 aromatic heterocycles. The largest absolute Gasteiger partial charge is 0.497 e. The smallest absolute Gasteiger partial charge is 0.118 e. The minimum Gasteiger partial charge on any atom is -0.497 e. The Morgan fingerprint density at radius 3 is 2.11 bits per heavy atom. The Balaban J connectivity index is 2.28. The van der Waals surface area contributed by atoms with E-state index in [9.17, 15) is 5.11 Å². The van der Waals surface area contributed by atoms with Crippen LogP contribution in [0.5, 0.6) is 5.75 Å². The molecular weight excluding hydrogens is 271 g/mol. The van der Waals surface area contributed by atoms with Gasteiger partial charge in [-0.25, -0.2) is 0 Å². The first-order chi connectivity index (χ1) is 8.61. The van der Waals surface area contributed by atoms with Gasteiger partial charge in [0.1, 0.15) is 11.9 Å². The first-order valence-corrected chi connectivity index (χ1v) is 6.14. The van der Waals surface area contributed by atoms with Gasteiger partial charge in [0.05, 0.1) is 17.2 Å². The van der Waals surface area contributed by atoms with Gasteiger partial charge in [-0.3, -0.25) is 0 Å². The van der Waals surface area contributed by atoms with Crippen molar-refractivity contribution in [2.24, 2.45) is 0 Å². The lowest BCUT2D eigenvalue weighted by Crippen LogP contribution is -1.99. The van der Waals surface area contributed by atoms with Crippen molar-refractivity contribution in [1.82, 2.24) is 0 Å². The van der Waals surface area contributed by atoms with E-state index in [0.29, 0.717) is 15.6 Å². The monoisotopic (exact) mass is 282 g/mol. The molecule has 0 unspecified atom stereocenters. The number of aliphatic hydroxyl groups is 1. The zero-order chi connectivity index (χ0) is 13.1. The molecule has 0 radical (unpaired) electrons. The quantitative estimate of drug-likeness (QED) is 0.919. The molecule has 2 aromatic carbocycles. The third kappa shape index (κ3) is 2.78. The van der Waals surface area contributed by atoms with Crippen LogP contribution >= 0.6 is 23.2 Å². The van der Waals surface area contributed by atoms with Gasteiger partial charge in [0, 0.05) is 0 Å². The summed E-state index contributed by atoms with van der Waals surface area (Å²) in [6, 6.07) is 12.3. The lowest BCUT2D eigenvalue weighted by atomic mass is 10.0. The van der Waals surface area contributed by atoms with Crippen molar-refractivity contribution in [2.45, 2.75) is 6.10 Å². The maximum absolute atomic E-state index is 10.2. The summed E-state index contributed by atoms with van der Waals surface area (Å²) >= 11 is 11.8. The molecule has 0 aliphatic rings. The molecule has 2 nitrogen and oxygen atoms in total. The molecule has 0 fully saturated rings. The second kappa shape index (κ2) is 5.61. The number of aliphatic hydroxyl groups excluding tert-OH is 1. The number of benzene rings is 2. The Morgan fingerprint density at radius 1 is 0.944 bits per heavy atom. The van der Waals surface area contributed by atoms with Crippen LogP contribution in [0.3, 0.4) is 0 Å². The molecule has 0 aliphatic heterocycles. The van der Waals surface area contributed by atoms with Crippen LogP contribution in [-0.4, -0.2) is 12.2 Å². The predicted octanol–water partition coefficient (Wildman–Crippen LogP) is 4.08. The van der Waals surface area contributed by atoms with E-state index in [2.05, 4.69) is 0 Å². The Hall–Kier alpha value is -1.22. The van der Waals surface area contributed by atoms with Gasteiger partial charge in [-0.05, 0) is 35.4 Å². The molecule has 2 rings (SSSR count). The highest BCUT2D eigenvalue weighted by molar-refractivity contribution is 6.42. The highest BCUT2D eigenvalue weighted by Crippen LogP contribution is 2.29. The average Bonchev–Trinajstić information content (AvgIpc) is 2.41. The number of hydrogen-bond donors (Lipinski definition) is 1. The standard InChI is InChI=1S/C14H12Cl2O2/c1-18-11-5-2-9(3-6-11)14(17)10-4-7-12(15)13(16)8-10/h2-8,14,17H,1H3/t14-/m1/s1. The molecule has 0 heterocycles. The van der Waals surface area contributed by atoms with Gasteiger partial charge in [0.15, 0.2) is 0 Å². The van der Waals surface area contributed by atoms with E-state index >= 15 is 0 Å². The number of halogens is 2. The fraction of sp³-hybridized carbons (Fsp3) is 0.143. The number of hydrogen-bond acceptors (Lipinski definition) is 2. The fourth-order valence-corrected chi connectivity index (χ4v) is 1.97. The molecule has 18 heavy (non-hydrogen) atoms. The first-order valence-electron chi connectivity index (χ1n) is 5.39. The molecule has 4 heteroatoms. The zero-order valence-electron chi connectivity index (χ0n) is 9.73. The van der Waals surface area contributed by atoms with Crippen molar-refractivity contribution in [2.75, 3.05) is 7.11 Å². The molecule has 0 aliphatic carbocycles. The summed E-state index contributed by atoms with van der Waals surface area (Å²) in [4.78, 5) is 0. The SMILES string of the molecule is COc1ccc([C@@H](O)c2ccc(Cl)c(Cl)c2)cc1. The van der Waals surface area contributed by atoms with Crippen LogP contribution in [-0.2, 0) is 0 Å². The maximum atomic E-state index is 10.2. The zero-order valence-corrected chi connectivity index (χ0v) is 11.2. The second-order valence-electron chi connectivity index (χ2n) is 3.85. The van der Waals surface area contributed by atoms with E-state index in [1.54, 1.807) is 37.4 Å². The van der Waals surface area contributed by atoms with Gasteiger partial charge in [0.25, 0.3) is 0 Å². The Kier molecular flexibility index (Phi) is 4.12. The van der Waals surface area contributed by atoms with E-state index in [1.165, 1.54) is 0 Å². The molecule has 2 aromatic rings. The molecule has 94 valence electrons. The average molecular weight is 283 g/mol. The van der Waals surface area contributed by atoms with E-state index < -0.39 is 6.10 Å².